The minimum Gasteiger partial charge on any atom is -0.391 e. The Balaban J connectivity index is 1.41. The van der Waals surface area contributed by atoms with Crippen molar-refractivity contribution in [2.75, 3.05) is 18.4 Å². The first-order valence-corrected chi connectivity index (χ1v) is 9.99. The van der Waals surface area contributed by atoms with Gasteiger partial charge in [0.2, 0.25) is 0 Å². The average molecular weight is 383 g/mol. The van der Waals surface area contributed by atoms with E-state index >= 15 is 0 Å². The lowest BCUT2D eigenvalue weighted by Crippen LogP contribution is -2.43. The van der Waals surface area contributed by atoms with Crippen LogP contribution in [0.4, 0.5) is 5.82 Å². The number of aliphatic hydroxyl groups is 1. The van der Waals surface area contributed by atoms with Crippen molar-refractivity contribution in [2.24, 2.45) is 11.8 Å². The minimum atomic E-state index is -0.444. The Morgan fingerprint density at radius 3 is 2.61 bits per heavy atom. The van der Waals surface area contributed by atoms with Crippen LogP contribution in [0.5, 0.6) is 0 Å². The van der Waals surface area contributed by atoms with Gasteiger partial charge in [0.25, 0.3) is 5.91 Å². The van der Waals surface area contributed by atoms with Gasteiger partial charge in [0, 0.05) is 43.4 Å². The molecule has 1 saturated carbocycles. The van der Waals surface area contributed by atoms with Gasteiger partial charge in [0.1, 0.15) is 5.82 Å². The van der Waals surface area contributed by atoms with E-state index < -0.39 is 6.10 Å². The molecule has 2 aromatic rings. The molecular formula is C21H29N5O2. The number of anilines is 1. The fraction of sp³-hybridized carbons (Fsp3) is 0.571. The molecule has 0 radical (unpaired) electrons. The number of nitrogens with zero attached hydrogens (tertiary/aromatic N) is 4. The van der Waals surface area contributed by atoms with Crippen molar-refractivity contribution in [1.82, 2.24) is 19.4 Å². The normalized spacial score (nSPS) is 27.5. The van der Waals surface area contributed by atoms with Crippen LogP contribution in [-0.2, 0) is 5.54 Å². The SMILES string of the molecule is CC(C)(C)n1ccc(C(=O)N2C[C@H]3C[C@@H](Nc4cnccn4)[C@H](O)C[C@H]3C2)c1. The average Bonchev–Trinajstić information content (AvgIpc) is 3.29. The maximum atomic E-state index is 13.0. The van der Waals surface area contributed by atoms with Crippen LogP contribution in [0, 0.1) is 11.8 Å². The molecule has 7 heteroatoms. The first-order valence-electron chi connectivity index (χ1n) is 9.99. The van der Waals surface area contributed by atoms with Gasteiger partial charge in [-0.25, -0.2) is 4.98 Å². The Kier molecular flexibility index (Phi) is 4.87. The molecule has 2 aromatic heterocycles. The lowest BCUT2D eigenvalue weighted by atomic mass is 9.77. The summed E-state index contributed by atoms with van der Waals surface area (Å²) < 4.78 is 2.08. The quantitative estimate of drug-likeness (QED) is 0.850. The molecule has 1 saturated heterocycles. The molecule has 1 aliphatic carbocycles. The van der Waals surface area contributed by atoms with Gasteiger partial charge in [0.05, 0.1) is 23.9 Å². The Morgan fingerprint density at radius 2 is 1.96 bits per heavy atom. The number of hydrogen-bond donors (Lipinski definition) is 2. The summed E-state index contributed by atoms with van der Waals surface area (Å²) in [6.45, 7) is 7.83. The predicted octanol–water partition coefficient (Wildman–Crippen LogP) is 2.36. The van der Waals surface area contributed by atoms with E-state index in [2.05, 4.69) is 40.6 Å². The van der Waals surface area contributed by atoms with E-state index in [1.54, 1.807) is 18.6 Å². The van der Waals surface area contributed by atoms with Gasteiger partial charge in [0.15, 0.2) is 0 Å². The van der Waals surface area contributed by atoms with Crippen LogP contribution in [0.25, 0.3) is 0 Å². The summed E-state index contributed by atoms with van der Waals surface area (Å²) in [4.78, 5) is 23.3. The van der Waals surface area contributed by atoms with Gasteiger partial charge in [-0.15, -0.1) is 0 Å². The zero-order valence-electron chi connectivity index (χ0n) is 16.7. The zero-order chi connectivity index (χ0) is 19.9. The van der Waals surface area contributed by atoms with Crippen LogP contribution < -0.4 is 5.32 Å². The van der Waals surface area contributed by atoms with Crippen molar-refractivity contribution in [3.8, 4) is 0 Å². The number of rotatable bonds is 3. The van der Waals surface area contributed by atoms with Crippen molar-refractivity contribution >= 4 is 11.7 Å². The van der Waals surface area contributed by atoms with Crippen LogP contribution in [0.3, 0.4) is 0 Å². The van der Waals surface area contributed by atoms with Gasteiger partial charge in [-0.3, -0.25) is 9.78 Å². The summed E-state index contributed by atoms with van der Waals surface area (Å²) in [6, 6.07) is 1.85. The predicted molar refractivity (Wildman–Crippen MR) is 107 cm³/mol. The van der Waals surface area contributed by atoms with E-state index in [0.717, 1.165) is 25.1 Å². The topological polar surface area (TPSA) is 83.3 Å². The zero-order valence-corrected chi connectivity index (χ0v) is 16.7. The number of likely N-dealkylation sites (tertiary alicyclic amines) is 1. The van der Waals surface area contributed by atoms with Crippen LogP contribution in [0.2, 0.25) is 0 Å². The fourth-order valence-corrected chi connectivity index (χ4v) is 4.44. The molecule has 0 bridgehead atoms. The van der Waals surface area contributed by atoms with Crippen LogP contribution >= 0.6 is 0 Å². The molecule has 4 rings (SSSR count). The molecule has 2 fully saturated rings. The Bertz CT molecular complexity index is 829. The van der Waals surface area contributed by atoms with Crippen molar-refractivity contribution < 1.29 is 9.90 Å². The number of aliphatic hydroxyl groups excluding tert-OH is 1. The Hall–Kier alpha value is -2.41. The molecule has 28 heavy (non-hydrogen) atoms. The molecule has 0 spiro atoms. The maximum Gasteiger partial charge on any atom is 0.255 e. The van der Waals surface area contributed by atoms with Gasteiger partial charge < -0.3 is 19.9 Å². The third-order valence-electron chi connectivity index (χ3n) is 6.04. The Morgan fingerprint density at radius 1 is 1.21 bits per heavy atom. The number of amides is 1. The molecule has 1 aliphatic heterocycles. The van der Waals surface area contributed by atoms with Gasteiger partial charge in [-0.2, -0.15) is 0 Å². The van der Waals surface area contributed by atoms with Crippen molar-refractivity contribution in [1.29, 1.82) is 0 Å². The summed E-state index contributed by atoms with van der Waals surface area (Å²) in [5.74, 6) is 1.51. The van der Waals surface area contributed by atoms with E-state index in [0.29, 0.717) is 24.1 Å². The first-order chi connectivity index (χ1) is 13.3. The van der Waals surface area contributed by atoms with Crippen molar-refractivity contribution in [2.45, 2.75) is 51.3 Å². The second-order valence-corrected chi connectivity index (χ2v) is 9.09. The lowest BCUT2D eigenvalue weighted by molar-refractivity contribution is 0.0727. The smallest absolute Gasteiger partial charge is 0.255 e. The molecule has 2 aliphatic rings. The number of hydrogen-bond acceptors (Lipinski definition) is 5. The lowest BCUT2D eigenvalue weighted by Gasteiger charge is -2.35. The summed E-state index contributed by atoms with van der Waals surface area (Å²) in [5.41, 5.74) is 0.698. The first kappa shape index (κ1) is 18.9. The molecule has 7 nitrogen and oxygen atoms in total. The molecule has 3 heterocycles. The molecule has 4 atom stereocenters. The van der Waals surface area contributed by atoms with Crippen LogP contribution in [0.1, 0.15) is 44.0 Å². The highest BCUT2D eigenvalue weighted by Crippen LogP contribution is 2.38. The minimum absolute atomic E-state index is 0.0408. The number of carbonyl (C=O) groups is 1. The standard InChI is InChI=1S/C21H29N5O2/c1-21(2,3)26-7-4-14(13-26)20(28)25-11-15-8-17(18(27)9-16(15)12-25)24-19-10-22-5-6-23-19/h4-7,10,13,15-18,27H,8-9,11-12H2,1-3H3,(H,23,24)/t15-,16+,17-,18-/m1/s1. The van der Waals surface area contributed by atoms with Crippen LogP contribution in [0.15, 0.2) is 37.1 Å². The number of aromatic nitrogens is 3. The van der Waals surface area contributed by atoms with Gasteiger partial charge >= 0.3 is 0 Å². The largest absolute Gasteiger partial charge is 0.391 e. The van der Waals surface area contributed by atoms with Crippen molar-refractivity contribution in [3.63, 3.8) is 0 Å². The third-order valence-corrected chi connectivity index (χ3v) is 6.04. The summed E-state index contributed by atoms with van der Waals surface area (Å²) in [5, 5.41) is 13.9. The molecule has 0 aromatic carbocycles. The molecule has 150 valence electrons. The highest BCUT2D eigenvalue weighted by Gasteiger charge is 2.43. The van der Waals surface area contributed by atoms with Crippen molar-refractivity contribution in [3.05, 3.63) is 42.6 Å². The summed E-state index contributed by atoms with van der Waals surface area (Å²) in [6.07, 6.45) is 9.94. The third kappa shape index (κ3) is 3.76. The van der Waals surface area contributed by atoms with E-state index in [1.807, 2.05) is 23.4 Å². The van der Waals surface area contributed by atoms with E-state index in [4.69, 9.17) is 0 Å². The molecule has 1 amide bonds. The number of nitrogens with one attached hydrogen (secondary N) is 1. The van der Waals surface area contributed by atoms with Gasteiger partial charge in [-0.1, -0.05) is 0 Å². The molecule has 0 unspecified atom stereocenters. The molecular weight excluding hydrogens is 354 g/mol. The van der Waals surface area contributed by atoms with E-state index in [-0.39, 0.29) is 17.5 Å². The fourth-order valence-electron chi connectivity index (χ4n) is 4.44. The van der Waals surface area contributed by atoms with Gasteiger partial charge in [-0.05, 0) is 51.5 Å². The second kappa shape index (κ2) is 7.20. The highest BCUT2D eigenvalue weighted by atomic mass is 16.3. The van der Waals surface area contributed by atoms with E-state index in [1.165, 1.54) is 0 Å². The summed E-state index contributed by atoms with van der Waals surface area (Å²) >= 11 is 0. The summed E-state index contributed by atoms with van der Waals surface area (Å²) in [7, 11) is 0. The maximum absolute atomic E-state index is 13.0. The number of carbonyl (C=O) groups excluding carboxylic acids is 1. The number of fused-ring (bicyclic) bond motifs is 1. The van der Waals surface area contributed by atoms with E-state index in [9.17, 15) is 9.90 Å². The Labute approximate surface area is 165 Å². The highest BCUT2D eigenvalue weighted by molar-refractivity contribution is 5.94. The second-order valence-electron chi connectivity index (χ2n) is 9.09. The molecule has 2 N–H and O–H groups in total. The monoisotopic (exact) mass is 383 g/mol. The van der Waals surface area contributed by atoms with Crippen LogP contribution in [-0.4, -0.2) is 55.7 Å².